The Morgan fingerprint density at radius 1 is 1.04 bits per heavy atom. The minimum atomic E-state index is -0.0720. The number of H-pyrrole nitrogens is 1. The lowest BCUT2D eigenvalue weighted by Crippen LogP contribution is -2.01. The summed E-state index contributed by atoms with van der Waals surface area (Å²) >= 11 is 0. The highest BCUT2D eigenvalue weighted by Gasteiger charge is 2.20. The third kappa shape index (κ3) is 2.98. The van der Waals surface area contributed by atoms with Gasteiger partial charge in [-0.05, 0) is 49.4 Å². The summed E-state index contributed by atoms with van der Waals surface area (Å²) in [7, 11) is 0. The summed E-state index contributed by atoms with van der Waals surface area (Å²) in [6.45, 7) is 8.33. The van der Waals surface area contributed by atoms with Gasteiger partial charge < -0.3 is 4.98 Å². The third-order valence-corrected chi connectivity index (χ3v) is 5.02. The van der Waals surface area contributed by atoms with E-state index >= 15 is 0 Å². The molecule has 2 heteroatoms. The Bertz CT molecular complexity index is 843. The van der Waals surface area contributed by atoms with Crippen LogP contribution in [0.5, 0.6) is 0 Å². The zero-order valence-electron chi connectivity index (χ0n) is 15.0. The number of fused-ring (bicyclic) bond motifs is 1. The van der Waals surface area contributed by atoms with Crippen molar-refractivity contribution in [3.63, 3.8) is 0 Å². The zero-order chi connectivity index (χ0) is 17.3. The van der Waals surface area contributed by atoms with E-state index in [9.17, 15) is 4.39 Å². The molecule has 126 valence electrons. The molecule has 0 spiro atoms. The van der Waals surface area contributed by atoms with Crippen molar-refractivity contribution in [2.75, 3.05) is 0 Å². The number of aromatic amines is 1. The van der Waals surface area contributed by atoms with Gasteiger partial charge >= 0.3 is 0 Å². The Labute approximate surface area is 143 Å². The number of nitrogens with one attached hydrogen (secondary N) is 1. The van der Waals surface area contributed by atoms with Crippen LogP contribution < -0.4 is 0 Å². The maximum absolute atomic E-state index is 14.8. The number of hydrogen-bond acceptors (Lipinski definition) is 0. The Hall–Kier alpha value is -2.09. The largest absolute Gasteiger partial charge is 0.358 e. The SMILES string of the molecule is CCCCc1c(C(C)c2ccc(C)cc2)[nH]c2ccc(C)c(F)c12. The predicted octanol–water partition coefficient (Wildman–Crippen LogP) is 6.42. The summed E-state index contributed by atoms with van der Waals surface area (Å²) in [5.41, 5.74) is 6.47. The molecule has 0 aliphatic heterocycles. The summed E-state index contributed by atoms with van der Waals surface area (Å²) in [4.78, 5) is 3.51. The lowest BCUT2D eigenvalue weighted by molar-refractivity contribution is 0.629. The Morgan fingerprint density at radius 3 is 2.42 bits per heavy atom. The van der Waals surface area contributed by atoms with Crippen molar-refractivity contribution in [2.45, 2.75) is 52.9 Å². The van der Waals surface area contributed by atoms with E-state index in [1.807, 2.05) is 19.1 Å². The maximum atomic E-state index is 14.8. The van der Waals surface area contributed by atoms with Crippen LogP contribution in [0.15, 0.2) is 36.4 Å². The Kier molecular flexibility index (Phi) is 4.75. The zero-order valence-corrected chi connectivity index (χ0v) is 15.0. The summed E-state index contributed by atoms with van der Waals surface area (Å²) in [6, 6.07) is 12.5. The average Bonchev–Trinajstić information content (AvgIpc) is 2.95. The second-order valence-electron chi connectivity index (χ2n) is 6.87. The molecule has 1 unspecified atom stereocenters. The second-order valence-corrected chi connectivity index (χ2v) is 6.87. The lowest BCUT2D eigenvalue weighted by atomic mass is 9.91. The van der Waals surface area contributed by atoms with Gasteiger partial charge in [0, 0.05) is 22.5 Å². The Balaban J connectivity index is 2.15. The highest BCUT2D eigenvalue weighted by atomic mass is 19.1. The number of aromatic nitrogens is 1. The van der Waals surface area contributed by atoms with Crippen molar-refractivity contribution < 1.29 is 4.39 Å². The average molecular weight is 323 g/mol. The van der Waals surface area contributed by atoms with Crippen molar-refractivity contribution in [1.82, 2.24) is 4.98 Å². The molecular formula is C22H26FN. The molecule has 0 fully saturated rings. The van der Waals surface area contributed by atoms with Crippen LogP contribution in [-0.4, -0.2) is 4.98 Å². The summed E-state index contributed by atoms with van der Waals surface area (Å²) in [5.74, 6) is 0.154. The number of rotatable bonds is 5. The fourth-order valence-electron chi connectivity index (χ4n) is 3.44. The van der Waals surface area contributed by atoms with Gasteiger partial charge in [0.15, 0.2) is 0 Å². The van der Waals surface area contributed by atoms with Crippen LogP contribution >= 0.6 is 0 Å². The lowest BCUT2D eigenvalue weighted by Gasteiger charge is -2.14. The van der Waals surface area contributed by atoms with Gasteiger partial charge in [-0.15, -0.1) is 0 Å². The molecule has 1 aromatic heterocycles. The van der Waals surface area contributed by atoms with Crippen molar-refractivity contribution in [1.29, 1.82) is 0 Å². The summed E-state index contributed by atoms with van der Waals surface area (Å²) in [6.07, 6.45) is 3.11. The molecule has 2 aromatic carbocycles. The molecule has 3 aromatic rings. The molecule has 0 aliphatic carbocycles. The van der Waals surface area contributed by atoms with Gasteiger partial charge in [0.1, 0.15) is 5.82 Å². The standard InChI is InChI=1S/C22H26FN/c1-5-6-7-18-20-19(13-10-15(3)21(20)23)24-22(18)16(4)17-11-8-14(2)9-12-17/h8-13,16,24H,5-7H2,1-4H3. The van der Waals surface area contributed by atoms with Crippen LogP contribution in [0, 0.1) is 19.7 Å². The van der Waals surface area contributed by atoms with E-state index in [1.54, 1.807) is 0 Å². The molecule has 1 heterocycles. The van der Waals surface area contributed by atoms with Crippen molar-refractivity contribution in [3.05, 3.63) is 70.2 Å². The summed E-state index contributed by atoms with van der Waals surface area (Å²) in [5, 5.41) is 0.789. The van der Waals surface area contributed by atoms with Gasteiger partial charge in [0.05, 0.1) is 0 Å². The number of benzene rings is 2. The Morgan fingerprint density at radius 2 is 1.75 bits per heavy atom. The molecule has 0 amide bonds. The van der Waals surface area contributed by atoms with Gasteiger partial charge in [-0.25, -0.2) is 4.39 Å². The van der Waals surface area contributed by atoms with E-state index in [2.05, 4.69) is 50.0 Å². The first kappa shape index (κ1) is 16.8. The van der Waals surface area contributed by atoms with E-state index in [4.69, 9.17) is 0 Å². The molecule has 1 N–H and O–H groups in total. The van der Waals surface area contributed by atoms with Crippen molar-refractivity contribution in [2.24, 2.45) is 0 Å². The minimum Gasteiger partial charge on any atom is -0.358 e. The van der Waals surface area contributed by atoms with Gasteiger partial charge in [0.2, 0.25) is 0 Å². The molecule has 1 nitrogen and oxygen atoms in total. The highest BCUT2D eigenvalue weighted by molar-refractivity contribution is 5.86. The first-order chi connectivity index (χ1) is 11.5. The number of unbranched alkanes of at least 4 members (excludes halogenated alkanes) is 1. The van der Waals surface area contributed by atoms with Crippen LogP contribution in [0.4, 0.5) is 4.39 Å². The number of aryl methyl sites for hydroxylation is 3. The molecule has 0 saturated heterocycles. The first-order valence-electron chi connectivity index (χ1n) is 8.89. The van der Waals surface area contributed by atoms with Gasteiger partial charge in [-0.2, -0.15) is 0 Å². The van der Waals surface area contributed by atoms with Gasteiger partial charge in [-0.3, -0.25) is 0 Å². The third-order valence-electron chi connectivity index (χ3n) is 5.02. The topological polar surface area (TPSA) is 15.8 Å². The minimum absolute atomic E-state index is 0.0720. The maximum Gasteiger partial charge on any atom is 0.135 e. The normalized spacial score (nSPS) is 12.7. The van der Waals surface area contributed by atoms with Crippen molar-refractivity contribution >= 4 is 10.9 Å². The smallest absolute Gasteiger partial charge is 0.135 e. The van der Waals surface area contributed by atoms with Crippen LogP contribution in [0.3, 0.4) is 0 Å². The molecule has 0 radical (unpaired) electrons. The van der Waals surface area contributed by atoms with E-state index in [1.165, 1.54) is 11.1 Å². The quantitative estimate of drug-likeness (QED) is 0.558. The van der Waals surface area contributed by atoms with Crippen molar-refractivity contribution in [3.8, 4) is 0 Å². The fraction of sp³-hybridized carbons (Fsp3) is 0.364. The second kappa shape index (κ2) is 6.80. The fourth-order valence-corrected chi connectivity index (χ4v) is 3.44. The predicted molar refractivity (Wildman–Crippen MR) is 100 cm³/mol. The molecule has 24 heavy (non-hydrogen) atoms. The number of hydrogen-bond donors (Lipinski definition) is 1. The van der Waals surface area contributed by atoms with Gasteiger partial charge in [-0.1, -0.05) is 56.2 Å². The van der Waals surface area contributed by atoms with Crippen LogP contribution in [-0.2, 0) is 6.42 Å². The van der Waals surface area contributed by atoms with Crippen LogP contribution in [0.1, 0.15) is 60.6 Å². The molecule has 1 atom stereocenters. The van der Waals surface area contributed by atoms with Crippen LogP contribution in [0.25, 0.3) is 10.9 Å². The first-order valence-corrected chi connectivity index (χ1v) is 8.89. The molecule has 3 rings (SSSR count). The van der Waals surface area contributed by atoms with E-state index in [-0.39, 0.29) is 11.7 Å². The molecular weight excluding hydrogens is 297 g/mol. The molecule has 0 aliphatic rings. The highest BCUT2D eigenvalue weighted by Crippen LogP contribution is 2.35. The van der Waals surface area contributed by atoms with E-state index in [0.29, 0.717) is 5.56 Å². The van der Waals surface area contributed by atoms with Gasteiger partial charge in [0.25, 0.3) is 0 Å². The van der Waals surface area contributed by atoms with Crippen LogP contribution in [0.2, 0.25) is 0 Å². The molecule has 0 saturated carbocycles. The summed E-state index contributed by atoms with van der Waals surface area (Å²) < 4.78 is 14.8. The van der Waals surface area contributed by atoms with E-state index in [0.717, 1.165) is 41.4 Å². The molecule has 0 bridgehead atoms. The number of halogens is 1. The van der Waals surface area contributed by atoms with E-state index < -0.39 is 0 Å². The monoisotopic (exact) mass is 323 g/mol.